The number of aryl methyl sites for hydroxylation is 3. The molecule has 0 spiro atoms. The Labute approximate surface area is 149 Å². The molecule has 1 aromatic heterocycles. The van der Waals surface area contributed by atoms with Crippen molar-refractivity contribution in [2.24, 2.45) is 0 Å². The lowest BCUT2D eigenvalue weighted by atomic mass is 10.1. The quantitative estimate of drug-likeness (QED) is 0.893. The Morgan fingerprint density at radius 2 is 1.68 bits per heavy atom. The van der Waals surface area contributed by atoms with Crippen LogP contribution >= 0.6 is 0 Å². The number of aromatic nitrogens is 2. The molecule has 136 valence electrons. The molecule has 6 nitrogen and oxygen atoms in total. The Morgan fingerprint density at radius 3 is 2.20 bits per heavy atom. The fraction of sp³-hybridized carbons (Fsp3) is 0.474. The molecule has 25 heavy (non-hydrogen) atoms. The second-order valence-corrected chi connectivity index (χ2v) is 6.06. The number of benzene rings is 1. The predicted molar refractivity (Wildman–Crippen MR) is 102 cm³/mol. The van der Waals surface area contributed by atoms with Gasteiger partial charge in [-0.25, -0.2) is 4.79 Å². The molecule has 2 aromatic rings. The van der Waals surface area contributed by atoms with Gasteiger partial charge in [-0.1, -0.05) is 19.9 Å². The van der Waals surface area contributed by atoms with Crippen LogP contribution in [-0.2, 0) is 0 Å². The number of rotatable bonds is 3. The molecule has 0 radical (unpaired) electrons. The van der Waals surface area contributed by atoms with Crippen molar-refractivity contribution in [3.8, 4) is 0 Å². The Balaban J connectivity index is 0.00000109. The number of carboxylic acids is 1. The zero-order chi connectivity index (χ0) is 18.6. The summed E-state index contributed by atoms with van der Waals surface area (Å²) in [6, 6.07) is 5.33. The van der Waals surface area contributed by atoms with Crippen LogP contribution in [0.4, 0.5) is 11.4 Å². The van der Waals surface area contributed by atoms with Gasteiger partial charge in [-0.15, -0.1) is 0 Å². The molecule has 3 rings (SSSR count). The summed E-state index contributed by atoms with van der Waals surface area (Å²) in [5.74, 6) is -0.880. The lowest BCUT2D eigenvalue weighted by Gasteiger charge is -2.38. The van der Waals surface area contributed by atoms with Crippen molar-refractivity contribution in [1.29, 1.82) is 0 Å². The number of hydrogen-bond acceptors (Lipinski definition) is 4. The highest BCUT2D eigenvalue weighted by Crippen LogP contribution is 2.27. The van der Waals surface area contributed by atoms with Crippen molar-refractivity contribution >= 4 is 17.3 Å². The molecule has 6 heteroatoms. The van der Waals surface area contributed by atoms with Crippen LogP contribution in [0.5, 0.6) is 0 Å². The molecule has 0 unspecified atom stereocenters. The van der Waals surface area contributed by atoms with E-state index in [0.717, 1.165) is 48.8 Å². The van der Waals surface area contributed by atoms with Crippen molar-refractivity contribution < 1.29 is 9.90 Å². The first-order valence-electron chi connectivity index (χ1n) is 8.83. The van der Waals surface area contributed by atoms with E-state index >= 15 is 0 Å². The Bertz CT molecular complexity index is 712. The molecule has 1 aliphatic heterocycles. The van der Waals surface area contributed by atoms with E-state index in [-0.39, 0.29) is 0 Å². The maximum absolute atomic E-state index is 11.2. The highest BCUT2D eigenvalue weighted by Gasteiger charge is 2.22. The molecule has 0 atom stereocenters. The van der Waals surface area contributed by atoms with E-state index in [9.17, 15) is 9.90 Å². The number of piperazine rings is 1. The van der Waals surface area contributed by atoms with Gasteiger partial charge in [0.15, 0.2) is 0 Å². The molecule has 1 saturated heterocycles. The van der Waals surface area contributed by atoms with Crippen molar-refractivity contribution in [2.75, 3.05) is 36.0 Å². The summed E-state index contributed by atoms with van der Waals surface area (Å²) in [5.41, 5.74) is 5.79. The lowest BCUT2D eigenvalue weighted by Crippen LogP contribution is -2.47. The third-order valence-corrected chi connectivity index (χ3v) is 4.48. The third-order valence-electron chi connectivity index (χ3n) is 4.48. The highest BCUT2D eigenvalue weighted by molar-refractivity contribution is 5.89. The number of carbonyl (C=O) groups is 1. The molecule has 1 aliphatic rings. The van der Waals surface area contributed by atoms with Crippen LogP contribution in [0.15, 0.2) is 18.2 Å². The van der Waals surface area contributed by atoms with Crippen LogP contribution < -0.4 is 9.80 Å². The van der Waals surface area contributed by atoms with Crippen LogP contribution in [-0.4, -0.2) is 47.5 Å². The first kappa shape index (κ1) is 18.8. The largest absolute Gasteiger partial charge is 0.478 e. The summed E-state index contributed by atoms with van der Waals surface area (Å²) in [6.45, 7) is 13.6. The first-order valence-corrected chi connectivity index (χ1v) is 8.83. The monoisotopic (exact) mass is 344 g/mol. The number of carboxylic acid groups (broad SMARTS) is 1. The minimum atomic E-state index is -0.880. The number of anilines is 2. The van der Waals surface area contributed by atoms with E-state index < -0.39 is 5.97 Å². The van der Waals surface area contributed by atoms with Gasteiger partial charge in [-0.3, -0.25) is 5.10 Å². The molecular weight excluding hydrogens is 316 g/mol. The van der Waals surface area contributed by atoms with Crippen LogP contribution in [0.2, 0.25) is 0 Å². The van der Waals surface area contributed by atoms with Crippen LogP contribution in [0, 0.1) is 20.8 Å². The molecular formula is C19H28N4O2. The van der Waals surface area contributed by atoms with Crippen molar-refractivity contribution in [3.63, 3.8) is 0 Å². The molecule has 2 N–H and O–H groups in total. The molecule has 1 aromatic carbocycles. The fourth-order valence-electron chi connectivity index (χ4n) is 3.27. The van der Waals surface area contributed by atoms with Gasteiger partial charge < -0.3 is 14.9 Å². The maximum Gasteiger partial charge on any atom is 0.335 e. The standard InChI is InChI=1S/C17H22N4O2.C2H6/c1-11-4-5-14(17(22)23)10-15(11)20-6-8-21(9-7-20)16-12(2)18-19-13(16)3;1-2/h4-5,10H,6-9H2,1-3H3,(H,18,19)(H,22,23);1-2H3. The fourth-order valence-corrected chi connectivity index (χ4v) is 3.27. The van der Waals surface area contributed by atoms with E-state index in [1.54, 1.807) is 12.1 Å². The number of aromatic amines is 1. The lowest BCUT2D eigenvalue weighted by molar-refractivity contribution is 0.0697. The van der Waals surface area contributed by atoms with Crippen molar-refractivity contribution in [2.45, 2.75) is 34.6 Å². The number of nitrogens with zero attached hydrogens (tertiary/aromatic N) is 3. The number of nitrogens with one attached hydrogen (secondary N) is 1. The van der Waals surface area contributed by atoms with Gasteiger partial charge in [-0.2, -0.15) is 5.10 Å². The van der Waals surface area contributed by atoms with E-state index in [0.29, 0.717) is 5.56 Å². The second kappa shape index (κ2) is 8.05. The second-order valence-electron chi connectivity index (χ2n) is 6.06. The van der Waals surface area contributed by atoms with Gasteiger partial charge in [0.2, 0.25) is 0 Å². The Hall–Kier alpha value is -2.50. The summed E-state index contributed by atoms with van der Waals surface area (Å²) < 4.78 is 0. The Kier molecular flexibility index (Phi) is 6.07. The summed E-state index contributed by atoms with van der Waals surface area (Å²) >= 11 is 0. The minimum Gasteiger partial charge on any atom is -0.478 e. The van der Waals surface area contributed by atoms with E-state index in [4.69, 9.17) is 0 Å². The van der Waals surface area contributed by atoms with Gasteiger partial charge in [0.05, 0.1) is 22.6 Å². The van der Waals surface area contributed by atoms with Gasteiger partial charge in [0.1, 0.15) is 0 Å². The molecule has 0 aliphatic carbocycles. The van der Waals surface area contributed by atoms with Gasteiger partial charge in [0.25, 0.3) is 0 Å². The molecule has 0 bridgehead atoms. The van der Waals surface area contributed by atoms with Crippen LogP contribution in [0.1, 0.15) is 41.2 Å². The SMILES string of the molecule is CC.Cc1ccc(C(=O)O)cc1N1CCN(c2c(C)n[nH]c2C)CC1. The average molecular weight is 344 g/mol. The van der Waals surface area contributed by atoms with Gasteiger partial charge >= 0.3 is 5.97 Å². The minimum absolute atomic E-state index is 0.342. The number of H-pyrrole nitrogens is 1. The smallest absolute Gasteiger partial charge is 0.335 e. The number of aromatic carboxylic acids is 1. The first-order chi connectivity index (χ1) is 12.0. The molecule has 1 fully saturated rings. The predicted octanol–water partition coefficient (Wildman–Crippen LogP) is 3.39. The average Bonchev–Trinajstić information content (AvgIpc) is 2.96. The molecule has 0 amide bonds. The normalized spacial score (nSPS) is 14.1. The van der Waals surface area contributed by atoms with E-state index in [1.165, 1.54) is 5.69 Å². The van der Waals surface area contributed by atoms with Crippen LogP contribution in [0.25, 0.3) is 0 Å². The summed E-state index contributed by atoms with van der Waals surface area (Å²) in [6.07, 6.45) is 0. The number of hydrogen-bond donors (Lipinski definition) is 2. The van der Waals surface area contributed by atoms with Gasteiger partial charge in [-0.05, 0) is 38.5 Å². The van der Waals surface area contributed by atoms with Crippen molar-refractivity contribution in [1.82, 2.24) is 10.2 Å². The van der Waals surface area contributed by atoms with Crippen molar-refractivity contribution in [3.05, 3.63) is 40.7 Å². The van der Waals surface area contributed by atoms with E-state index in [2.05, 4.69) is 20.0 Å². The highest BCUT2D eigenvalue weighted by atomic mass is 16.4. The van der Waals surface area contributed by atoms with Crippen LogP contribution in [0.3, 0.4) is 0 Å². The third kappa shape index (κ3) is 3.95. The topological polar surface area (TPSA) is 72.5 Å². The van der Waals surface area contributed by atoms with Gasteiger partial charge in [0, 0.05) is 31.9 Å². The van der Waals surface area contributed by atoms with E-state index in [1.807, 2.05) is 40.7 Å². The Morgan fingerprint density at radius 1 is 1.08 bits per heavy atom. The summed E-state index contributed by atoms with van der Waals surface area (Å²) in [5, 5.41) is 16.5. The molecule has 2 heterocycles. The zero-order valence-corrected chi connectivity index (χ0v) is 15.8. The molecule has 0 saturated carbocycles. The maximum atomic E-state index is 11.2. The zero-order valence-electron chi connectivity index (χ0n) is 15.8. The summed E-state index contributed by atoms with van der Waals surface area (Å²) in [7, 11) is 0. The summed E-state index contributed by atoms with van der Waals surface area (Å²) in [4.78, 5) is 15.8.